The molecule has 1 aromatic carbocycles. The first-order valence-corrected chi connectivity index (χ1v) is 4.50. The highest BCUT2D eigenvalue weighted by atomic mass is 127. The highest BCUT2D eigenvalue weighted by Crippen LogP contribution is 2.21. The summed E-state index contributed by atoms with van der Waals surface area (Å²) in [5.74, 6) is 0. The summed E-state index contributed by atoms with van der Waals surface area (Å²) in [6.07, 6.45) is -1.07. The topological polar surface area (TPSA) is 49.3 Å². The Bertz CT molecular complexity index is 316. The van der Waals surface area contributed by atoms with Crippen molar-refractivity contribution >= 4 is 46.0 Å². The first-order chi connectivity index (χ1) is 5.59. The van der Waals surface area contributed by atoms with E-state index in [9.17, 15) is 4.79 Å². The molecule has 0 aromatic heterocycles. The number of hydrogen-bond acceptors (Lipinski definition) is 1. The monoisotopic (exact) mass is 297 g/mol. The van der Waals surface area contributed by atoms with Gasteiger partial charge >= 0.3 is 6.09 Å². The SMILES string of the molecule is O=C(O)Nc1ccc(Cl)cc1I. The second kappa shape index (κ2) is 3.95. The van der Waals surface area contributed by atoms with Crippen LogP contribution in [0, 0.1) is 3.57 Å². The largest absolute Gasteiger partial charge is 0.465 e. The number of amides is 1. The van der Waals surface area contributed by atoms with Gasteiger partial charge in [-0.05, 0) is 40.8 Å². The lowest BCUT2D eigenvalue weighted by Crippen LogP contribution is -2.08. The normalized spacial score (nSPS) is 9.50. The molecule has 0 aliphatic carbocycles. The molecule has 0 fully saturated rings. The van der Waals surface area contributed by atoms with E-state index in [-0.39, 0.29) is 0 Å². The molecule has 0 unspecified atom stereocenters. The van der Waals surface area contributed by atoms with Crippen molar-refractivity contribution in [2.75, 3.05) is 5.32 Å². The molecule has 1 amide bonds. The Morgan fingerprint density at radius 2 is 2.25 bits per heavy atom. The predicted octanol–water partition coefficient (Wildman–Crippen LogP) is 3.03. The summed E-state index contributed by atoms with van der Waals surface area (Å²) in [7, 11) is 0. The van der Waals surface area contributed by atoms with Gasteiger partial charge in [-0.15, -0.1) is 0 Å². The second-order valence-electron chi connectivity index (χ2n) is 2.05. The van der Waals surface area contributed by atoms with Crippen LogP contribution in [0.25, 0.3) is 0 Å². The highest BCUT2D eigenvalue weighted by Gasteiger charge is 2.02. The predicted molar refractivity (Wildman–Crippen MR) is 55.8 cm³/mol. The number of carbonyl (C=O) groups is 1. The maximum atomic E-state index is 10.3. The molecule has 0 aliphatic rings. The molecule has 64 valence electrons. The molecule has 0 saturated heterocycles. The highest BCUT2D eigenvalue weighted by molar-refractivity contribution is 14.1. The zero-order chi connectivity index (χ0) is 9.14. The van der Waals surface area contributed by atoms with Gasteiger partial charge in [0.15, 0.2) is 0 Å². The van der Waals surface area contributed by atoms with Gasteiger partial charge < -0.3 is 5.11 Å². The maximum Gasteiger partial charge on any atom is 0.409 e. The third-order valence-electron chi connectivity index (χ3n) is 1.17. The van der Waals surface area contributed by atoms with Crippen LogP contribution in [0.2, 0.25) is 5.02 Å². The number of benzene rings is 1. The molecule has 5 heteroatoms. The van der Waals surface area contributed by atoms with Gasteiger partial charge in [0, 0.05) is 8.59 Å². The second-order valence-corrected chi connectivity index (χ2v) is 3.65. The van der Waals surface area contributed by atoms with Crippen molar-refractivity contribution in [1.29, 1.82) is 0 Å². The van der Waals surface area contributed by atoms with Crippen LogP contribution in [0.15, 0.2) is 18.2 Å². The Morgan fingerprint density at radius 1 is 1.58 bits per heavy atom. The molecule has 0 heterocycles. The zero-order valence-electron chi connectivity index (χ0n) is 5.84. The number of nitrogens with one attached hydrogen (secondary N) is 1. The number of carboxylic acid groups (broad SMARTS) is 1. The molecular weight excluding hydrogens is 292 g/mol. The summed E-state index contributed by atoms with van der Waals surface area (Å²) < 4.78 is 0.780. The number of rotatable bonds is 1. The lowest BCUT2D eigenvalue weighted by atomic mass is 10.3. The molecule has 3 nitrogen and oxygen atoms in total. The van der Waals surface area contributed by atoms with Gasteiger partial charge in [-0.25, -0.2) is 4.79 Å². The van der Waals surface area contributed by atoms with Crippen LogP contribution in [0.4, 0.5) is 10.5 Å². The Kier molecular flexibility index (Phi) is 3.16. The minimum atomic E-state index is -1.07. The van der Waals surface area contributed by atoms with Crippen LogP contribution < -0.4 is 5.32 Å². The van der Waals surface area contributed by atoms with E-state index >= 15 is 0 Å². The van der Waals surface area contributed by atoms with Crippen LogP contribution in [0.3, 0.4) is 0 Å². The average Bonchev–Trinajstić information content (AvgIpc) is 1.94. The fourth-order valence-corrected chi connectivity index (χ4v) is 1.71. The van der Waals surface area contributed by atoms with Crippen molar-refractivity contribution in [3.63, 3.8) is 0 Å². The van der Waals surface area contributed by atoms with Gasteiger partial charge in [0.05, 0.1) is 5.69 Å². The first-order valence-electron chi connectivity index (χ1n) is 3.04. The minimum Gasteiger partial charge on any atom is -0.465 e. The quantitative estimate of drug-likeness (QED) is 0.783. The van der Waals surface area contributed by atoms with Gasteiger partial charge in [-0.2, -0.15) is 0 Å². The summed E-state index contributed by atoms with van der Waals surface area (Å²) in [6, 6.07) is 4.95. The third kappa shape index (κ3) is 2.53. The number of hydrogen-bond donors (Lipinski definition) is 2. The Labute approximate surface area is 87.9 Å². The van der Waals surface area contributed by atoms with E-state index in [0.717, 1.165) is 3.57 Å². The molecule has 1 aromatic rings. The fraction of sp³-hybridized carbons (Fsp3) is 0. The molecule has 2 N–H and O–H groups in total. The van der Waals surface area contributed by atoms with Crippen molar-refractivity contribution in [3.05, 3.63) is 26.8 Å². The lowest BCUT2D eigenvalue weighted by Gasteiger charge is -2.02. The molecule has 0 bridgehead atoms. The van der Waals surface area contributed by atoms with Crippen molar-refractivity contribution < 1.29 is 9.90 Å². The van der Waals surface area contributed by atoms with Crippen LogP contribution in [-0.4, -0.2) is 11.2 Å². The van der Waals surface area contributed by atoms with E-state index in [0.29, 0.717) is 10.7 Å². The molecule has 0 aliphatic heterocycles. The Balaban J connectivity index is 2.93. The van der Waals surface area contributed by atoms with E-state index in [1.807, 2.05) is 22.6 Å². The summed E-state index contributed by atoms with van der Waals surface area (Å²) >= 11 is 7.68. The van der Waals surface area contributed by atoms with Crippen LogP contribution >= 0.6 is 34.2 Å². The van der Waals surface area contributed by atoms with Crippen LogP contribution in [0.5, 0.6) is 0 Å². The van der Waals surface area contributed by atoms with E-state index in [1.165, 1.54) is 0 Å². The van der Waals surface area contributed by atoms with Crippen LogP contribution in [0.1, 0.15) is 0 Å². The third-order valence-corrected chi connectivity index (χ3v) is 2.30. The van der Waals surface area contributed by atoms with Crippen molar-refractivity contribution in [3.8, 4) is 0 Å². The van der Waals surface area contributed by atoms with Gasteiger partial charge in [0.2, 0.25) is 0 Å². The summed E-state index contributed by atoms with van der Waals surface area (Å²) in [6.45, 7) is 0. The smallest absolute Gasteiger partial charge is 0.409 e. The van der Waals surface area contributed by atoms with Crippen molar-refractivity contribution in [2.24, 2.45) is 0 Å². The zero-order valence-corrected chi connectivity index (χ0v) is 8.76. The molecule has 12 heavy (non-hydrogen) atoms. The molecule has 1 rings (SSSR count). The summed E-state index contributed by atoms with van der Waals surface area (Å²) in [5, 5.41) is 11.3. The van der Waals surface area contributed by atoms with Gasteiger partial charge in [0.1, 0.15) is 0 Å². The summed E-state index contributed by atoms with van der Waals surface area (Å²) in [4.78, 5) is 10.3. The average molecular weight is 297 g/mol. The molecule has 0 saturated carbocycles. The lowest BCUT2D eigenvalue weighted by molar-refractivity contribution is 0.209. The Hall–Kier alpha value is -0.490. The first kappa shape index (κ1) is 9.60. The minimum absolute atomic E-state index is 0.549. The van der Waals surface area contributed by atoms with E-state index in [1.54, 1.807) is 18.2 Å². The van der Waals surface area contributed by atoms with E-state index < -0.39 is 6.09 Å². The van der Waals surface area contributed by atoms with Crippen molar-refractivity contribution in [1.82, 2.24) is 0 Å². The molecule has 0 atom stereocenters. The maximum absolute atomic E-state index is 10.3. The van der Waals surface area contributed by atoms with Crippen LogP contribution in [-0.2, 0) is 0 Å². The fourth-order valence-electron chi connectivity index (χ4n) is 0.706. The van der Waals surface area contributed by atoms with Crippen molar-refractivity contribution in [2.45, 2.75) is 0 Å². The van der Waals surface area contributed by atoms with E-state index in [2.05, 4.69) is 5.32 Å². The molecular formula is C7H5ClINO2. The van der Waals surface area contributed by atoms with Gasteiger partial charge in [-0.3, -0.25) is 5.32 Å². The standard InChI is InChI=1S/C7H5ClINO2/c8-4-1-2-6(5(9)3-4)10-7(11)12/h1-3,10H,(H,11,12). The number of anilines is 1. The number of halogens is 2. The summed E-state index contributed by atoms with van der Waals surface area (Å²) in [5.41, 5.74) is 0.549. The molecule has 0 spiro atoms. The molecule has 0 radical (unpaired) electrons. The van der Waals surface area contributed by atoms with Gasteiger partial charge in [-0.1, -0.05) is 11.6 Å². The Morgan fingerprint density at radius 3 is 2.75 bits per heavy atom. The van der Waals surface area contributed by atoms with E-state index in [4.69, 9.17) is 16.7 Å². The van der Waals surface area contributed by atoms with Gasteiger partial charge in [0.25, 0.3) is 0 Å².